The average Bonchev–Trinajstić information content (AvgIpc) is 2.82. The van der Waals surface area contributed by atoms with Crippen LogP contribution in [0, 0.1) is 0 Å². The van der Waals surface area contributed by atoms with Gasteiger partial charge in [0.05, 0.1) is 12.7 Å². The standard InChI is InChI=1S/C29H48O4/c1-4-7-8-9-10-11-12-13-14-15-21-27(31-23-24-32-29(30)19-6-3)25-33-28-22-17-16-20-26(28)18-5-2/h5,16-18,20,22,27H,4,6-15,19,21,23-25H2,1-3H3/b18-5+. The lowest BCUT2D eigenvalue weighted by Crippen LogP contribution is -2.24. The molecule has 0 amide bonds. The van der Waals surface area contributed by atoms with Crippen LogP contribution in [0.3, 0.4) is 0 Å². The molecule has 1 atom stereocenters. The maximum absolute atomic E-state index is 11.6. The molecule has 0 bridgehead atoms. The van der Waals surface area contributed by atoms with Gasteiger partial charge in [-0.1, -0.05) is 108 Å². The third kappa shape index (κ3) is 15.6. The fourth-order valence-electron chi connectivity index (χ4n) is 3.83. The van der Waals surface area contributed by atoms with Crippen molar-refractivity contribution in [1.29, 1.82) is 0 Å². The Kier molecular flexibility index (Phi) is 18.4. The summed E-state index contributed by atoms with van der Waals surface area (Å²) in [6, 6.07) is 8.07. The minimum atomic E-state index is -0.149. The Bertz CT molecular complexity index is 626. The van der Waals surface area contributed by atoms with Crippen molar-refractivity contribution in [3.8, 4) is 5.75 Å². The normalized spacial score (nSPS) is 12.2. The summed E-state index contributed by atoms with van der Waals surface area (Å²) in [7, 11) is 0. The van der Waals surface area contributed by atoms with Gasteiger partial charge in [-0.25, -0.2) is 0 Å². The number of ether oxygens (including phenoxy) is 3. The second kappa shape index (κ2) is 20.8. The maximum Gasteiger partial charge on any atom is 0.305 e. The Morgan fingerprint density at radius 1 is 0.879 bits per heavy atom. The van der Waals surface area contributed by atoms with Crippen LogP contribution in [0.15, 0.2) is 30.3 Å². The molecule has 188 valence electrons. The highest BCUT2D eigenvalue weighted by atomic mass is 16.6. The molecule has 0 aromatic heterocycles. The molecule has 0 aliphatic rings. The van der Waals surface area contributed by atoms with Crippen LogP contribution >= 0.6 is 0 Å². The molecule has 0 saturated carbocycles. The van der Waals surface area contributed by atoms with Crippen LogP contribution in [-0.2, 0) is 14.3 Å². The molecule has 0 saturated heterocycles. The third-order valence-corrected chi connectivity index (χ3v) is 5.72. The first-order valence-corrected chi connectivity index (χ1v) is 13.3. The van der Waals surface area contributed by atoms with Gasteiger partial charge in [-0.15, -0.1) is 0 Å². The van der Waals surface area contributed by atoms with Crippen LogP contribution < -0.4 is 4.74 Å². The van der Waals surface area contributed by atoms with Crippen LogP contribution in [0.25, 0.3) is 6.08 Å². The molecule has 0 aliphatic carbocycles. The van der Waals surface area contributed by atoms with Gasteiger partial charge in [-0.05, 0) is 25.8 Å². The van der Waals surface area contributed by atoms with Gasteiger partial charge in [0.2, 0.25) is 0 Å². The van der Waals surface area contributed by atoms with E-state index < -0.39 is 0 Å². The van der Waals surface area contributed by atoms with E-state index in [2.05, 4.69) is 19.1 Å². The Morgan fingerprint density at radius 2 is 1.55 bits per heavy atom. The van der Waals surface area contributed by atoms with E-state index >= 15 is 0 Å². The van der Waals surface area contributed by atoms with E-state index in [9.17, 15) is 4.79 Å². The van der Waals surface area contributed by atoms with Crippen LogP contribution in [0.2, 0.25) is 0 Å². The second-order valence-corrected chi connectivity index (χ2v) is 8.78. The zero-order chi connectivity index (χ0) is 24.0. The van der Waals surface area contributed by atoms with Crippen molar-refractivity contribution in [3.05, 3.63) is 35.9 Å². The molecule has 1 aromatic rings. The molecule has 33 heavy (non-hydrogen) atoms. The number of unbranched alkanes of at least 4 members (excludes halogenated alkanes) is 9. The molecule has 0 spiro atoms. The summed E-state index contributed by atoms with van der Waals surface area (Å²) in [6.45, 7) is 7.48. The van der Waals surface area contributed by atoms with Crippen LogP contribution in [0.4, 0.5) is 0 Å². The number of carbonyl (C=O) groups is 1. The minimum Gasteiger partial charge on any atom is -0.490 e. The van der Waals surface area contributed by atoms with Gasteiger partial charge in [-0.2, -0.15) is 0 Å². The molecule has 0 aliphatic heterocycles. The van der Waals surface area contributed by atoms with Crippen molar-refractivity contribution >= 4 is 12.0 Å². The zero-order valence-corrected chi connectivity index (χ0v) is 21.5. The highest BCUT2D eigenvalue weighted by Crippen LogP contribution is 2.21. The first-order valence-electron chi connectivity index (χ1n) is 13.3. The highest BCUT2D eigenvalue weighted by Gasteiger charge is 2.12. The van der Waals surface area contributed by atoms with Gasteiger partial charge in [0, 0.05) is 12.0 Å². The number of para-hydroxylation sites is 1. The van der Waals surface area contributed by atoms with Crippen molar-refractivity contribution in [2.24, 2.45) is 0 Å². The van der Waals surface area contributed by atoms with Crippen LogP contribution in [0.1, 0.15) is 110 Å². The molecular formula is C29H48O4. The van der Waals surface area contributed by atoms with Gasteiger partial charge in [-0.3, -0.25) is 4.79 Å². The molecule has 4 nitrogen and oxygen atoms in total. The number of hydrogen-bond acceptors (Lipinski definition) is 4. The van der Waals surface area contributed by atoms with E-state index in [1.807, 2.05) is 38.1 Å². The summed E-state index contributed by atoms with van der Waals surface area (Å²) in [4.78, 5) is 11.6. The highest BCUT2D eigenvalue weighted by molar-refractivity contribution is 5.69. The first-order chi connectivity index (χ1) is 16.2. The predicted octanol–water partition coefficient (Wildman–Crippen LogP) is 8.14. The van der Waals surface area contributed by atoms with Crippen molar-refractivity contribution in [2.45, 2.75) is 110 Å². The van der Waals surface area contributed by atoms with E-state index in [0.29, 0.717) is 26.2 Å². The fourth-order valence-corrected chi connectivity index (χ4v) is 3.83. The summed E-state index contributed by atoms with van der Waals surface area (Å²) in [6.07, 6.45) is 19.5. The fraction of sp³-hybridized carbons (Fsp3) is 0.690. The molecule has 0 fully saturated rings. The lowest BCUT2D eigenvalue weighted by atomic mass is 10.0. The third-order valence-electron chi connectivity index (χ3n) is 5.72. The Morgan fingerprint density at radius 3 is 2.21 bits per heavy atom. The SMILES string of the molecule is C/C=C/c1ccccc1OCC(CCCCCCCCCCCC)OCCOC(=O)CCC. The Labute approximate surface area is 203 Å². The van der Waals surface area contributed by atoms with Crippen molar-refractivity contribution in [2.75, 3.05) is 19.8 Å². The monoisotopic (exact) mass is 460 g/mol. The van der Waals surface area contributed by atoms with Gasteiger partial charge >= 0.3 is 5.97 Å². The van der Waals surface area contributed by atoms with Crippen molar-refractivity contribution in [1.82, 2.24) is 0 Å². The molecule has 0 radical (unpaired) electrons. The summed E-state index contributed by atoms with van der Waals surface area (Å²) >= 11 is 0. The summed E-state index contributed by atoms with van der Waals surface area (Å²) in [5.74, 6) is 0.727. The molecular weight excluding hydrogens is 412 g/mol. The topological polar surface area (TPSA) is 44.8 Å². The van der Waals surface area contributed by atoms with Crippen LogP contribution in [-0.4, -0.2) is 31.9 Å². The van der Waals surface area contributed by atoms with Gasteiger partial charge in [0.15, 0.2) is 0 Å². The molecule has 4 heteroatoms. The van der Waals surface area contributed by atoms with Gasteiger partial charge in [0.1, 0.15) is 19.0 Å². The predicted molar refractivity (Wildman–Crippen MR) is 139 cm³/mol. The second-order valence-electron chi connectivity index (χ2n) is 8.78. The van der Waals surface area contributed by atoms with Crippen molar-refractivity contribution in [3.63, 3.8) is 0 Å². The zero-order valence-electron chi connectivity index (χ0n) is 21.5. The molecule has 1 rings (SSSR count). The summed E-state index contributed by atoms with van der Waals surface area (Å²) < 4.78 is 17.4. The van der Waals surface area contributed by atoms with Crippen LogP contribution in [0.5, 0.6) is 5.75 Å². The lowest BCUT2D eigenvalue weighted by Gasteiger charge is -2.19. The minimum absolute atomic E-state index is 0.00239. The number of benzene rings is 1. The van der Waals surface area contributed by atoms with E-state index in [-0.39, 0.29) is 12.1 Å². The van der Waals surface area contributed by atoms with E-state index in [0.717, 1.165) is 30.6 Å². The molecule has 1 aromatic carbocycles. The first kappa shape index (κ1) is 29.2. The Hall–Kier alpha value is -1.81. The lowest BCUT2D eigenvalue weighted by molar-refractivity contribution is -0.146. The quantitative estimate of drug-likeness (QED) is 0.137. The van der Waals surface area contributed by atoms with Crippen molar-refractivity contribution < 1.29 is 19.0 Å². The number of esters is 1. The smallest absolute Gasteiger partial charge is 0.305 e. The van der Waals surface area contributed by atoms with E-state index in [4.69, 9.17) is 14.2 Å². The molecule has 0 heterocycles. The number of rotatable bonds is 21. The van der Waals surface area contributed by atoms with E-state index in [1.54, 1.807) is 0 Å². The number of allylic oxidation sites excluding steroid dienone is 1. The molecule has 0 N–H and O–H groups in total. The average molecular weight is 461 g/mol. The van der Waals surface area contributed by atoms with Gasteiger partial charge < -0.3 is 14.2 Å². The Balaban J connectivity index is 2.37. The summed E-state index contributed by atoms with van der Waals surface area (Å²) in [5.41, 5.74) is 1.08. The largest absolute Gasteiger partial charge is 0.490 e. The van der Waals surface area contributed by atoms with Gasteiger partial charge in [0.25, 0.3) is 0 Å². The number of hydrogen-bond donors (Lipinski definition) is 0. The van der Waals surface area contributed by atoms with E-state index in [1.165, 1.54) is 57.8 Å². The summed E-state index contributed by atoms with van der Waals surface area (Å²) in [5, 5.41) is 0. The maximum atomic E-state index is 11.6. The number of carbonyl (C=O) groups excluding carboxylic acids is 1. The molecule has 1 unspecified atom stereocenters.